The second-order valence-corrected chi connectivity index (χ2v) is 16.4. The monoisotopic (exact) mass is 485 g/mol. The van der Waals surface area contributed by atoms with E-state index in [1.807, 2.05) is 0 Å². The minimum absolute atomic E-state index is 0.486. The average molecular weight is 485 g/mol. The van der Waals surface area contributed by atoms with Crippen LogP contribution in [0, 0.1) is 63.6 Å². The third kappa shape index (κ3) is 5.58. The SMILES string of the molecule is CCCCC(CCCC)(C1CCCC1)C1C2CC(C(C)(C)C)CCC2C2CCC(C(C)(C)C)CC21. The van der Waals surface area contributed by atoms with Gasteiger partial charge in [0.1, 0.15) is 0 Å². The van der Waals surface area contributed by atoms with Crippen molar-refractivity contribution in [3.8, 4) is 0 Å². The van der Waals surface area contributed by atoms with Crippen LogP contribution in [0.2, 0.25) is 0 Å². The highest BCUT2D eigenvalue weighted by Gasteiger charge is 2.61. The zero-order valence-electron chi connectivity index (χ0n) is 25.4. The largest absolute Gasteiger partial charge is 0.0654 e. The van der Waals surface area contributed by atoms with E-state index < -0.39 is 0 Å². The Labute approximate surface area is 221 Å². The van der Waals surface area contributed by atoms with Gasteiger partial charge in [-0.3, -0.25) is 0 Å². The molecule has 204 valence electrons. The van der Waals surface area contributed by atoms with E-state index in [0.29, 0.717) is 16.2 Å². The standard InChI is InChI=1S/C35H64/c1-9-11-21-35(22-12-10-2,25-15-13-14-16-25)32-30-23-26(33(3,4)5)17-19-28(30)29-20-18-27(24-31(29)32)34(6,7)8/h25-32H,9-24H2,1-8H3. The predicted octanol–water partition coefficient (Wildman–Crippen LogP) is 11.3. The average Bonchev–Trinajstić information content (AvgIpc) is 3.45. The molecule has 0 amide bonds. The summed E-state index contributed by atoms with van der Waals surface area (Å²) in [5.74, 6) is 8.17. The molecule has 4 saturated carbocycles. The summed E-state index contributed by atoms with van der Waals surface area (Å²) < 4.78 is 0. The molecule has 4 fully saturated rings. The van der Waals surface area contributed by atoms with Crippen molar-refractivity contribution in [3.63, 3.8) is 0 Å². The minimum Gasteiger partial charge on any atom is -0.0654 e. The van der Waals surface area contributed by atoms with E-state index in [-0.39, 0.29) is 0 Å². The predicted molar refractivity (Wildman–Crippen MR) is 154 cm³/mol. The molecule has 0 heteroatoms. The van der Waals surface area contributed by atoms with E-state index >= 15 is 0 Å². The van der Waals surface area contributed by atoms with Crippen molar-refractivity contribution in [1.29, 1.82) is 0 Å². The van der Waals surface area contributed by atoms with Crippen LogP contribution in [0.15, 0.2) is 0 Å². The lowest BCUT2D eigenvalue weighted by Crippen LogP contribution is -2.45. The molecule has 4 aliphatic rings. The number of hydrogen-bond acceptors (Lipinski definition) is 0. The highest BCUT2D eigenvalue weighted by Crippen LogP contribution is 2.69. The lowest BCUT2D eigenvalue weighted by Gasteiger charge is -2.53. The van der Waals surface area contributed by atoms with Gasteiger partial charge < -0.3 is 0 Å². The molecule has 0 aromatic carbocycles. The van der Waals surface area contributed by atoms with E-state index in [1.54, 1.807) is 51.4 Å². The molecular formula is C35H64. The Morgan fingerprint density at radius 2 is 0.943 bits per heavy atom. The van der Waals surface area contributed by atoms with Crippen LogP contribution in [0.3, 0.4) is 0 Å². The van der Waals surface area contributed by atoms with Crippen LogP contribution in [0.5, 0.6) is 0 Å². The van der Waals surface area contributed by atoms with Crippen LogP contribution >= 0.6 is 0 Å². The summed E-state index contributed by atoms with van der Waals surface area (Å²) in [6.07, 6.45) is 24.3. The number of hydrogen-bond donors (Lipinski definition) is 0. The molecule has 0 aromatic heterocycles. The minimum atomic E-state index is 0.486. The second kappa shape index (κ2) is 11.0. The zero-order chi connectivity index (χ0) is 25.4. The summed E-state index contributed by atoms with van der Waals surface area (Å²) in [7, 11) is 0. The number of fused-ring (bicyclic) bond motifs is 3. The summed E-state index contributed by atoms with van der Waals surface area (Å²) in [6, 6.07) is 0. The van der Waals surface area contributed by atoms with Crippen molar-refractivity contribution < 1.29 is 0 Å². The summed E-state index contributed by atoms with van der Waals surface area (Å²) in [6.45, 7) is 20.3. The first-order valence-electron chi connectivity index (χ1n) is 16.5. The van der Waals surface area contributed by atoms with E-state index in [0.717, 1.165) is 47.3 Å². The van der Waals surface area contributed by atoms with Gasteiger partial charge in [0.2, 0.25) is 0 Å². The van der Waals surface area contributed by atoms with Crippen molar-refractivity contribution >= 4 is 0 Å². The van der Waals surface area contributed by atoms with Gasteiger partial charge in [0.15, 0.2) is 0 Å². The highest BCUT2D eigenvalue weighted by molar-refractivity contribution is 5.10. The van der Waals surface area contributed by atoms with Crippen LogP contribution < -0.4 is 0 Å². The van der Waals surface area contributed by atoms with Gasteiger partial charge in [0.25, 0.3) is 0 Å². The normalized spacial score (nSPS) is 36.9. The molecule has 35 heavy (non-hydrogen) atoms. The Morgan fingerprint density at radius 1 is 0.514 bits per heavy atom. The fourth-order valence-corrected chi connectivity index (χ4v) is 10.7. The molecule has 0 saturated heterocycles. The van der Waals surface area contributed by atoms with Crippen molar-refractivity contribution in [2.75, 3.05) is 0 Å². The summed E-state index contributed by atoms with van der Waals surface area (Å²) in [5.41, 5.74) is 1.63. The van der Waals surface area contributed by atoms with Gasteiger partial charge in [-0.1, -0.05) is 93.9 Å². The fraction of sp³-hybridized carbons (Fsp3) is 1.00. The lowest BCUT2D eigenvalue weighted by molar-refractivity contribution is -0.0396. The Balaban J connectivity index is 1.78. The van der Waals surface area contributed by atoms with E-state index in [1.165, 1.54) is 51.4 Å². The third-order valence-electron chi connectivity index (χ3n) is 12.7. The molecule has 0 radical (unpaired) electrons. The maximum atomic E-state index is 2.56. The Bertz CT molecular complexity index is 607. The lowest BCUT2D eigenvalue weighted by atomic mass is 9.52. The van der Waals surface area contributed by atoms with Gasteiger partial charge in [0.05, 0.1) is 0 Å². The quantitative estimate of drug-likeness (QED) is 0.321. The molecule has 0 bridgehead atoms. The summed E-state index contributed by atoms with van der Waals surface area (Å²) in [4.78, 5) is 0. The molecule has 6 unspecified atom stereocenters. The van der Waals surface area contributed by atoms with E-state index in [4.69, 9.17) is 0 Å². The first-order valence-corrected chi connectivity index (χ1v) is 16.5. The third-order valence-corrected chi connectivity index (χ3v) is 12.7. The molecule has 4 rings (SSSR count). The van der Waals surface area contributed by atoms with E-state index in [9.17, 15) is 0 Å². The van der Waals surface area contributed by atoms with Gasteiger partial charge in [-0.15, -0.1) is 0 Å². The second-order valence-electron chi connectivity index (χ2n) is 16.4. The van der Waals surface area contributed by atoms with Gasteiger partial charge in [-0.25, -0.2) is 0 Å². The van der Waals surface area contributed by atoms with Crippen LogP contribution in [-0.2, 0) is 0 Å². The van der Waals surface area contributed by atoms with Gasteiger partial charge >= 0.3 is 0 Å². The fourth-order valence-electron chi connectivity index (χ4n) is 10.7. The molecule has 0 aromatic rings. The molecule has 0 heterocycles. The van der Waals surface area contributed by atoms with Crippen LogP contribution in [0.1, 0.15) is 158 Å². The molecule has 0 N–H and O–H groups in total. The first kappa shape index (κ1) is 28.0. The molecule has 0 nitrogen and oxygen atoms in total. The zero-order valence-corrected chi connectivity index (χ0v) is 25.4. The number of unbranched alkanes of at least 4 members (excludes halogenated alkanes) is 2. The van der Waals surface area contributed by atoms with Crippen molar-refractivity contribution in [2.45, 2.75) is 158 Å². The Morgan fingerprint density at radius 3 is 1.31 bits per heavy atom. The molecule has 4 aliphatic carbocycles. The maximum absolute atomic E-state index is 2.56. The Kier molecular flexibility index (Phi) is 8.81. The smallest absolute Gasteiger partial charge is 0.0235 e. The summed E-state index contributed by atoms with van der Waals surface area (Å²) in [5, 5.41) is 0. The van der Waals surface area contributed by atoms with Crippen molar-refractivity contribution in [3.05, 3.63) is 0 Å². The van der Waals surface area contributed by atoms with Crippen molar-refractivity contribution in [2.24, 2.45) is 63.6 Å². The molecular weight excluding hydrogens is 420 g/mol. The maximum Gasteiger partial charge on any atom is -0.0235 e. The van der Waals surface area contributed by atoms with Gasteiger partial charge in [-0.05, 0) is 128 Å². The van der Waals surface area contributed by atoms with Gasteiger partial charge in [-0.2, -0.15) is 0 Å². The van der Waals surface area contributed by atoms with Crippen molar-refractivity contribution in [1.82, 2.24) is 0 Å². The molecule has 0 spiro atoms. The van der Waals surface area contributed by atoms with Crippen LogP contribution in [0.4, 0.5) is 0 Å². The van der Waals surface area contributed by atoms with Gasteiger partial charge in [0, 0.05) is 0 Å². The van der Waals surface area contributed by atoms with E-state index in [2.05, 4.69) is 55.4 Å². The van der Waals surface area contributed by atoms with Crippen LogP contribution in [0.25, 0.3) is 0 Å². The van der Waals surface area contributed by atoms with Crippen LogP contribution in [-0.4, -0.2) is 0 Å². The first-order chi connectivity index (χ1) is 16.5. The topological polar surface area (TPSA) is 0 Å². The highest BCUT2D eigenvalue weighted by atomic mass is 14.7. The molecule has 6 atom stereocenters. The number of rotatable bonds is 8. The molecule has 0 aliphatic heterocycles. The Hall–Kier alpha value is 0. The summed E-state index contributed by atoms with van der Waals surface area (Å²) >= 11 is 0.